The van der Waals surface area contributed by atoms with E-state index in [9.17, 15) is 4.79 Å². The van der Waals surface area contributed by atoms with Gasteiger partial charge in [0.15, 0.2) is 0 Å². The third-order valence-corrected chi connectivity index (χ3v) is 7.35. The number of nitrogens with one attached hydrogen (secondary N) is 3. The Morgan fingerprint density at radius 1 is 1.00 bits per heavy atom. The van der Waals surface area contributed by atoms with Gasteiger partial charge >= 0.3 is 0 Å². The van der Waals surface area contributed by atoms with Gasteiger partial charge in [0.2, 0.25) is 0 Å². The quantitative estimate of drug-likeness (QED) is 0.377. The van der Waals surface area contributed by atoms with Crippen LogP contribution in [0.3, 0.4) is 0 Å². The first-order chi connectivity index (χ1) is 16.8. The maximum absolute atomic E-state index is 12.6. The van der Waals surface area contributed by atoms with Crippen molar-refractivity contribution in [3.8, 4) is 11.3 Å². The minimum absolute atomic E-state index is 0.0282. The molecule has 1 aromatic heterocycles. The fourth-order valence-electron chi connectivity index (χ4n) is 5.38. The molecule has 1 aliphatic carbocycles. The number of carbonyl (C=O) groups excluding carboxylic acids is 1. The maximum Gasteiger partial charge on any atom is 0.251 e. The molecule has 1 saturated carbocycles. The van der Waals surface area contributed by atoms with E-state index in [1.807, 2.05) is 30.3 Å². The van der Waals surface area contributed by atoms with Crippen molar-refractivity contribution in [3.05, 3.63) is 60.2 Å². The minimum atomic E-state index is 0.0282. The Morgan fingerprint density at radius 2 is 1.82 bits per heavy atom. The largest absolute Gasteiger partial charge is 0.384 e. The first-order valence-corrected chi connectivity index (χ1v) is 13.0. The van der Waals surface area contributed by atoms with Crippen LogP contribution >= 0.6 is 0 Å². The zero-order chi connectivity index (χ0) is 23.2. The Morgan fingerprint density at radius 3 is 2.62 bits per heavy atom. The van der Waals surface area contributed by atoms with E-state index in [1.165, 1.54) is 45.1 Å². The number of carbonyl (C=O) groups is 1. The molecule has 2 aromatic carbocycles. The highest BCUT2D eigenvalue weighted by Gasteiger charge is 2.18. The smallest absolute Gasteiger partial charge is 0.251 e. The zero-order valence-corrected chi connectivity index (χ0v) is 20.0. The highest BCUT2D eigenvalue weighted by molar-refractivity contribution is 5.96. The fourth-order valence-corrected chi connectivity index (χ4v) is 5.38. The molecule has 0 spiro atoms. The number of hydrogen-bond donors (Lipinski definition) is 3. The Kier molecular flexibility index (Phi) is 7.40. The SMILES string of the molecule is O=C(NC1CCCC1)c1ccc(-c2cc(NCCCC3CCCNC3)c3ccccc3n2)cc1. The molecule has 0 bridgehead atoms. The Bertz CT molecular complexity index is 1100. The number of hydrogen-bond acceptors (Lipinski definition) is 4. The van der Waals surface area contributed by atoms with Crippen LogP contribution in [-0.4, -0.2) is 36.6 Å². The molecule has 178 valence electrons. The van der Waals surface area contributed by atoms with Crippen LogP contribution in [-0.2, 0) is 0 Å². The van der Waals surface area contributed by atoms with E-state index in [4.69, 9.17) is 4.98 Å². The first-order valence-electron chi connectivity index (χ1n) is 13.0. The number of nitrogens with zero attached hydrogens (tertiary/aromatic N) is 1. The molecule has 3 N–H and O–H groups in total. The molecule has 1 saturated heterocycles. The molecule has 0 radical (unpaired) electrons. The number of amides is 1. The topological polar surface area (TPSA) is 66.1 Å². The molecule has 1 unspecified atom stereocenters. The van der Waals surface area contributed by atoms with Gasteiger partial charge in [-0.25, -0.2) is 4.98 Å². The van der Waals surface area contributed by atoms with Gasteiger partial charge in [-0.15, -0.1) is 0 Å². The number of benzene rings is 2. The fraction of sp³-hybridized carbons (Fsp3) is 0.448. The first kappa shape index (κ1) is 22.9. The van der Waals surface area contributed by atoms with Crippen LogP contribution in [0.5, 0.6) is 0 Å². The molecular weight excluding hydrogens is 420 g/mol. The molecular formula is C29H36N4O. The van der Waals surface area contributed by atoms with E-state index in [1.54, 1.807) is 0 Å². The van der Waals surface area contributed by atoms with E-state index in [0.717, 1.165) is 59.7 Å². The average Bonchev–Trinajstić information content (AvgIpc) is 3.40. The summed E-state index contributed by atoms with van der Waals surface area (Å²) in [5.41, 5.74) is 4.79. The summed E-state index contributed by atoms with van der Waals surface area (Å²) in [6.45, 7) is 3.30. The zero-order valence-electron chi connectivity index (χ0n) is 20.0. The Balaban J connectivity index is 1.28. The maximum atomic E-state index is 12.6. The predicted octanol–water partition coefficient (Wildman–Crippen LogP) is 5.77. The van der Waals surface area contributed by atoms with Gasteiger partial charge in [-0.1, -0.05) is 43.2 Å². The third kappa shape index (κ3) is 5.58. The van der Waals surface area contributed by atoms with Crippen LogP contribution < -0.4 is 16.0 Å². The van der Waals surface area contributed by atoms with E-state index in [-0.39, 0.29) is 5.91 Å². The highest BCUT2D eigenvalue weighted by Crippen LogP contribution is 2.29. The van der Waals surface area contributed by atoms with Crippen LogP contribution in [0.4, 0.5) is 5.69 Å². The van der Waals surface area contributed by atoms with E-state index < -0.39 is 0 Å². The summed E-state index contributed by atoms with van der Waals surface area (Å²) < 4.78 is 0. The summed E-state index contributed by atoms with van der Waals surface area (Å²) in [4.78, 5) is 17.5. The molecule has 5 nitrogen and oxygen atoms in total. The van der Waals surface area contributed by atoms with Gasteiger partial charge < -0.3 is 16.0 Å². The van der Waals surface area contributed by atoms with Gasteiger partial charge in [-0.2, -0.15) is 0 Å². The van der Waals surface area contributed by atoms with Gasteiger partial charge in [0.25, 0.3) is 5.91 Å². The van der Waals surface area contributed by atoms with E-state index in [0.29, 0.717) is 11.6 Å². The molecule has 3 aromatic rings. The number of piperidine rings is 1. The highest BCUT2D eigenvalue weighted by atomic mass is 16.1. The summed E-state index contributed by atoms with van der Waals surface area (Å²) in [5, 5.41) is 11.5. The van der Waals surface area contributed by atoms with Crippen LogP contribution in [0.15, 0.2) is 54.6 Å². The van der Waals surface area contributed by atoms with Gasteiger partial charge in [-0.05, 0) is 81.8 Å². The van der Waals surface area contributed by atoms with Crippen molar-refractivity contribution in [1.82, 2.24) is 15.6 Å². The minimum Gasteiger partial charge on any atom is -0.384 e. The number of pyridine rings is 1. The number of fused-ring (bicyclic) bond motifs is 1. The monoisotopic (exact) mass is 456 g/mol. The number of aromatic nitrogens is 1. The van der Waals surface area contributed by atoms with Crippen molar-refractivity contribution < 1.29 is 4.79 Å². The molecule has 5 rings (SSSR count). The molecule has 2 heterocycles. The number of para-hydroxylation sites is 1. The lowest BCUT2D eigenvalue weighted by Gasteiger charge is -2.22. The third-order valence-electron chi connectivity index (χ3n) is 7.35. The van der Waals surface area contributed by atoms with Crippen molar-refractivity contribution in [2.24, 2.45) is 5.92 Å². The average molecular weight is 457 g/mol. The molecule has 1 amide bonds. The summed E-state index contributed by atoms with van der Waals surface area (Å²) >= 11 is 0. The van der Waals surface area contributed by atoms with E-state index >= 15 is 0 Å². The van der Waals surface area contributed by atoms with Gasteiger partial charge in [0.1, 0.15) is 0 Å². The standard InChI is InChI=1S/C29H36N4O/c34-29(32-24-9-1-2-10-24)23-15-13-22(14-16-23)27-19-28(25-11-3-4-12-26(25)33-27)31-18-6-8-21-7-5-17-30-20-21/h3-4,11-16,19,21,24,30H,1-2,5-10,17-18,20H2,(H,31,33)(H,32,34). The Labute approximate surface area is 202 Å². The predicted molar refractivity (Wildman–Crippen MR) is 140 cm³/mol. The van der Waals surface area contributed by atoms with Crippen molar-refractivity contribution in [2.75, 3.05) is 25.0 Å². The van der Waals surface area contributed by atoms with Crippen molar-refractivity contribution in [2.45, 2.75) is 57.4 Å². The van der Waals surface area contributed by atoms with Crippen molar-refractivity contribution >= 4 is 22.5 Å². The second-order valence-electron chi connectivity index (χ2n) is 9.89. The summed E-state index contributed by atoms with van der Waals surface area (Å²) in [6, 6.07) is 18.7. The molecule has 1 atom stereocenters. The lowest BCUT2D eigenvalue weighted by molar-refractivity contribution is 0.0938. The molecule has 2 aliphatic rings. The van der Waals surface area contributed by atoms with Crippen molar-refractivity contribution in [3.63, 3.8) is 0 Å². The molecule has 2 fully saturated rings. The lowest BCUT2D eigenvalue weighted by atomic mass is 9.95. The summed E-state index contributed by atoms with van der Waals surface area (Å²) in [5.74, 6) is 0.838. The van der Waals surface area contributed by atoms with Gasteiger partial charge in [0.05, 0.1) is 11.2 Å². The molecule has 34 heavy (non-hydrogen) atoms. The molecule has 5 heteroatoms. The van der Waals surface area contributed by atoms with E-state index in [2.05, 4.69) is 40.2 Å². The normalized spacial score (nSPS) is 18.8. The summed E-state index contributed by atoms with van der Waals surface area (Å²) in [7, 11) is 0. The van der Waals surface area contributed by atoms with Crippen LogP contribution in [0.1, 0.15) is 61.7 Å². The van der Waals surface area contributed by atoms with Gasteiger partial charge in [-0.3, -0.25) is 4.79 Å². The second-order valence-corrected chi connectivity index (χ2v) is 9.89. The number of rotatable bonds is 8. The van der Waals surface area contributed by atoms with Crippen LogP contribution in [0.25, 0.3) is 22.2 Å². The molecule has 1 aliphatic heterocycles. The van der Waals surface area contributed by atoms with Crippen LogP contribution in [0, 0.1) is 5.92 Å². The second kappa shape index (κ2) is 11.0. The summed E-state index contributed by atoms with van der Waals surface area (Å²) in [6.07, 6.45) is 9.71. The Hall–Kier alpha value is -2.92. The number of anilines is 1. The van der Waals surface area contributed by atoms with Gasteiger partial charge in [0, 0.05) is 34.8 Å². The lowest BCUT2D eigenvalue weighted by Crippen LogP contribution is -2.32. The van der Waals surface area contributed by atoms with Crippen LogP contribution in [0.2, 0.25) is 0 Å². The van der Waals surface area contributed by atoms with Crippen molar-refractivity contribution in [1.29, 1.82) is 0 Å².